The quantitative estimate of drug-likeness (QED) is 0.699. The summed E-state index contributed by atoms with van der Waals surface area (Å²) in [6.07, 6.45) is 3.28. The zero-order chi connectivity index (χ0) is 10.3. The molecule has 2 atom stereocenters. The molecule has 2 aliphatic heterocycles. The van der Waals surface area contributed by atoms with E-state index in [1.54, 1.807) is 0 Å². The van der Waals surface area contributed by atoms with Crippen LogP contribution in [0.4, 0.5) is 0 Å². The van der Waals surface area contributed by atoms with Gasteiger partial charge in [0, 0.05) is 12.3 Å². The molecule has 2 bridgehead atoms. The van der Waals surface area contributed by atoms with Gasteiger partial charge in [-0.2, -0.15) is 0 Å². The molecule has 80 valence electrons. The third kappa shape index (κ3) is 1.40. The van der Waals surface area contributed by atoms with Crippen LogP contribution in [0.1, 0.15) is 39.0 Å². The number of hydrogen-bond donors (Lipinski definition) is 0. The Bertz CT molecular complexity index is 324. The second-order valence-electron chi connectivity index (χ2n) is 4.40. The molecule has 2 heterocycles. The highest BCUT2D eigenvalue weighted by atomic mass is 32.2. The summed E-state index contributed by atoms with van der Waals surface area (Å²) in [6, 6.07) is 0. The zero-order valence-corrected chi connectivity index (χ0v) is 9.22. The Morgan fingerprint density at radius 1 is 1.21 bits per heavy atom. The smallest absolute Gasteiger partial charge is 0.156 e. The van der Waals surface area contributed by atoms with Gasteiger partial charge in [0.05, 0.1) is 10.5 Å². The maximum absolute atomic E-state index is 11.7. The fourth-order valence-electron chi connectivity index (χ4n) is 2.76. The van der Waals surface area contributed by atoms with E-state index in [0.717, 1.165) is 12.8 Å². The molecule has 2 fully saturated rings. The summed E-state index contributed by atoms with van der Waals surface area (Å²) < 4.78 is 23.4. The van der Waals surface area contributed by atoms with Gasteiger partial charge in [0.15, 0.2) is 9.84 Å². The van der Waals surface area contributed by atoms with E-state index in [-0.39, 0.29) is 22.2 Å². The minimum absolute atomic E-state index is 0.0287. The number of sulfone groups is 1. The van der Waals surface area contributed by atoms with Crippen LogP contribution in [0.2, 0.25) is 0 Å². The molecular formula is C10H16O3S. The molecule has 2 aliphatic rings. The molecular weight excluding hydrogens is 200 g/mol. The van der Waals surface area contributed by atoms with Crippen molar-refractivity contribution in [1.29, 1.82) is 0 Å². The Kier molecular flexibility index (Phi) is 2.41. The lowest BCUT2D eigenvalue weighted by Gasteiger charge is -2.26. The second kappa shape index (κ2) is 3.33. The molecule has 0 saturated carbocycles. The fourth-order valence-corrected chi connectivity index (χ4v) is 5.23. The van der Waals surface area contributed by atoms with E-state index >= 15 is 0 Å². The van der Waals surface area contributed by atoms with Gasteiger partial charge < -0.3 is 0 Å². The van der Waals surface area contributed by atoms with Crippen LogP contribution >= 0.6 is 0 Å². The summed E-state index contributed by atoms with van der Waals surface area (Å²) in [6.45, 7) is 1.85. The van der Waals surface area contributed by atoms with Crippen molar-refractivity contribution in [1.82, 2.24) is 0 Å². The van der Waals surface area contributed by atoms with Crippen LogP contribution in [0.3, 0.4) is 0 Å². The average Bonchev–Trinajstić information content (AvgIpc) is 2.41. The van der Waals surface area contributed by atoms with Gasteiger partial charge >= 0.3 is 0 Å². The van der Waals surface area contributed by atoms with Crippen LogP contribution in [0.5, 0.6) is 0 Å². The molecule has 0 aromatic carbocycles. The summed E-state index contributed by atoms with van der Waals surface area (Å²) in [5.41, 5.74) is 0. The number of fused-ring (bicyclic) bond motifs is 2. The van der Waals surface area contributed by atoms with Gasteiger partial charge in [0.2, 0.25) is 0 Å². The van der Waals surface area contributed by atoms with Gasteiger partial charge in [0.25, 0.3) is 0 Å². The first-order valence-corrected chi connectivity index (χ1v) is 6.92. The topological polar surface area (TPSA) is 51.2 Å². The molecule has 0 aromatic rings. The number of ketones is 1. The molecule has 2 saturated heterocycles. The Balaban J connectivity index is 2.18. The number of Topliss-reactive ketones (excluding diaryl/α,β-unsaturated/α-hetero) is 1. The zero-order valence-electron chi connectivity index (χ0n) is 8.40. The Labute approximate surface area is 84.8 Å². The molecule has 0 N–H and O–H groups in total. The van der Waals surface area contributed by atoms with E-state index in [1.807, 2.05) is 6.92 Å². The van der Waals surface area contributed by atoms with Crippen molar-refractivity contribution in [3.63, 3.8) is 0 Å². The Morgan fingerprint density at radius 3 is 2.14 bits per heavy atom. The van der Waals surface area contributed by atoms with E-state index in [1.165, 1.54) is 0 Å². The molecule has 0 aliphatic carbocycles. The maximum atomic E-state index is 11.7. The monoisotopic (exact) mass is 216 g/mol. The molecule has 14 heavy (non-hydrogen) atoms. The minimum Gasteiger partial charge on any atom is -0.299 e. The third-order valence-corrected chi connectivity index (χ3v) is 6.35. The van der Waals surface area contributed by atoms with Crippen LogP contribution in [-0.2, 0) is 14.6 Å². The van der Waals surface area contributed by atoms with E-state index in [4.69, 9.17) is 0 Å². The lowest BCUT2D eigenvalue weighted by molar-refractivity contribution is -0.123. The lowest BCUT2D eigenvalue weighted by Crippen LogP contribution is -2.35. The number of carbonyl (C=O) groups excluding carboxylic acids is 1. The highest BCUT2D eigenvalue weighted by molar-refractivity contribution is 7.93. The first-order valence-electron chi connectivity index (χ1n) is 5.31. The minimum atomic E-state index is -2.86. The molecule has 2 unspecified atom stereocenters. The van der Waals surface area contributed by atoms with Crippen LogP contribution in [-0.4, -0.2) is 24.7 Å². The van der Waals surface area contributed by atoms with Crippen LogP contribution in [0.15, 0.2) is 0 Å². The number of hydrogen-bond acceptors (Lipinski definition) is 3. The Morgan fingerprint density at radius 2 is 1.71 bits per heavy atom. The molecule has 0 spiro atoms. The molecule has 0 aromatic heterocycles. The van der Waals surface area contributed by atoms with Gasteiger partial charge in [0.1, 0.15) is 5.78 Å². The van der Waals surface area contributed by atoms with E-state index in [9.17, 15) is 13.2 Å². The number of rotatable bonds is 2. The average molecular weight is 216 g/mol. The fraction of sp³-hybridized carbons (Fsp3) is 0.900. The van der Waals surface area contributed by atoms with Crippen molar-refractivity contribution in [2.24, 2.45) is 5.92 Å². The predicted octanol–water partition coefficient (Wildman–Crippen LogP) is 1.32. The largest absolute Gasteiger partial charge is 0.299 e. The first kappa shape index (κ1) is 10.1. The van der Waals surface area contributed by atoms with Crippen molar-refractivity contribution >= 4 is 15.6 Å². The molecule has 4 heteroatoms. The summed E-state index contributed by atoms with van der Waals surface area (Å²) >= 11 is 0. The number of carbonyl (C=O) groups is 1. The van der Waals surface area contributed by atoms with E-state index in [2.05, 4.69) is 0 Å². The van der Waals surface area contributed by atoms with Crippen LogP contribution in [0, 0.1) is 5.92 Å². The molecule has 2 rings (SSSR count). The summed E-state index contributed by atoms with van der Waals surface area (Å²) in [7, 11) is -2.86. The van der Waals surface area contributed by atoms with Crippen molar-refractivity contribution in [2.75, 3.05) is 0 Å². The van der Waals surface area contributed by atoms with Gasteiger partial charge in [-0.25, -0.2) is 8.42 Å². The lowest BCUT2D eigenvalue weighted by atomic mass is 9.93. The Hall–Kier alpha value is -0.380. The van der Waals surface area contributed by atoms with Gasteiger partial charge in [-0.1, -0.05) is 6.92 Å². The van der Waals surface area contributed by atoms with Crippen LogP contribution in [0.25, 0.3) is 0 Å². The van der Waals surface area contributed by atoms with Crippen molar-refractivity contribution < 1.29 is 13.2 Å². The van der Waals surface area contributed by atoms with Gasteiger partial charge in [-0.15, -0.1) is 0 Å². The van der Waals surface area contributed by atoms with Gasteiger partial charge in [-0.05, 0) is 25.7 Å². The van der Waals surface area contributed by atoms with Crippen molar-refractivity contribution in [2.45, 2.75) is 49.5 Å². The normalized spacial score (nSPS) is 39.6. The van der Waals surface area contributed by atoms with Crippen LogP contribution < -0.4 is 0 Å². The molecule has 3 nitrogen and oxygen atoms in total. The third-order valence-electron chi connectivity index (χ3n) is 3.64. The summed E-state index contributed by atoms with van der Waals surface area (Å²) in [4.78, 5) is 11.5. The summed E-state index contributed by atoms with van der Waals surface area (Å²) in [5.74, 6) is 0.276. The molecule has 0 amide bonds. The van der Waals surface area contributed by atoms with E-state index < -0.39 is 9.84 Å². The predicted molar refractivity (Wildman–Crippen MR) is 53.8 cm³/mol. The van der Waals surface area contributed by atoms with Gasteiger partial charge in [-0.3, -0.25) is 4.79 Å². The SMILES string of the molecule is CCC(=O)C1CC2CCC(C1)S2(=O)=O. The highest BCUT2D eigenvalue weighted by Gasteiger charge is 2.47. The first-order chi connectivity index (χ1) is 6.55. The maximum Gasteiger partial charge on any atom is 0.156 e. The summed E-state index contributed by atoms with van der Waals surface area (Å²) in [5, 5.41) is -0.413. The highest BCUT2D eigenvalue weighted by Crippen LogP contribution is 2.41. The van der Waals surface area contributed by atoms with Crippen molar-refractivity contribution in [3.05, 3.63) is 0 Å². The standard InChI is InChI=1S/C10H16O3S/c1-2-10(11)7-5-8-3-4-9(6-7)14(8,12)13/h7-9H,2-6H2,1H3. The van der Waals surface area contributed by atoms with Crippen molar-refractivity contribution in [3.8, 4) is 0 Å². The second-order valence-corrected chi connectivity index (χ2v) is 6.91. The molecule has 0 radical (unpaired) electrons. The van der Waals surface area contributed by atoms with E-state index in [0.29, 0.717) is 19.3 Å².